The molecule has 0 radical (unpaired) electrons. The molecule has 2 amide bonds. The zero-order valence-electron chi connectivity index (χ0n) is 25.2. The van der Waals surface area contributed by atoms with Gasteiger partial charge in [-0.2, -0.15) is 0 Å². The van der Waals surface area contributed by atoms with Crippen LogP contribution in [0.2, 0.25) is 5.02 Å². The largest absolute Gasteiger partial charge is 0.354 e. The molecule has 0 spiro atoms. The predicted molar refractivity (Wildman–Crippen MR) is 176 cm³/mol. The first-order valence-corrected chi connectivity index (χ1v) is 16.4. The van der Waals surface area contributed by atoms with Crippen molar-refractivity contribution in [2.24, 2.45) is 0 Å². The van der Waals surface area contributed by atoms with E-state index in [0.29, 0.717) is 22.8 Å². The maximum atomic E-state index is 14.5. The van der Waals surface area contributed by atoms with Gasteiger partial charge in [0.25, 0.3) is 10.0 Å². The summed E-state index contributed by atoms with van der Waals surface area (Å²) in [7, 11) is -4.20. The number of hydrogen-bond donors (Lipinski definition) is 1. The number of aryl methyl sites for hydroxylation is 2. The summed E-state index contributed by atoms with van der Waals surface area (Å²) in [5, 5.41) is 3.30. The molecule has 0 heterocycles. The van der Waals surface area contributed by atoms with Crippen LogP contribution in [0.4, 0.5) is 5.69 Å². The molecule has 0 aliphatic rings. The molecule has 0 saturated carbocycles. The molecule has 0 bridgehead atoms. The minimum Gasteiger partial charge on any atom is -0.354 e. The summed E-state index contributed by atoms with van der Waals surface area (Å²) >= 11 is 6.34. The minimum atomic E-state index is -4.20. The average molecular weight is 632 g/mol. The van der Waals surface area contributed by atoms with E-state index in [1.807, 2.05) is 68.4 Å². The lowest BCUT2D eigenvalue weighted by atomic mass is 10.0. The Bertz CT molecular complexity index is 1680. The topological polar surface area (TPSA) is 86.8 Å². The van der Waals surface area contributed by atoms with E-state index in [9.17, 15) is 18.0 Å². The molecule has 1 unspecified atom stereocenters. The lowest BCUT2D eigenvalue weighted by Crippen LogP contribution is -2.53. The summed E-state index contributed by atoms with van der Waals surface area (Å²) < 4.78 is 29.4. The van der Waals surface area contributed by atoms with Crippen LogP contribution in [0.5, 0.6) is 0 Å². The number of nitrogens with zero attached hydrogens (tertiary/aromatic N) is 2. The van der Waals surface area contributed by atoms with E-state index in [-0.39, 0.29) is 23.8 Å². The molecule has 4 rings (SSSR count). The first-order valence-electron chi connectivity index (χ1n) is 14.6. The highest BCUT2D eigenvalue weighted by Crippen LogP contribution is 2.30. The highest BCUT2D eigenvalue weighted by atomic mass is 35.5. The van der Waals surface area contributed by atoms with Gasteiger partial charge in [0, 0.05) is 24.5 Å². The van der Waals surface area contributed by atoms with Gasteiger partial charge < -0.3 is 10.2 Å². The molecule has 4 aromatic rings. The first kappa shape index (κ1) is 32.8. The molecule has 9 heteroatoms. The van der Waals surface area contributed by atoms with Crippen LogP contribution in [0.25, 0.3) is 0 Å². The first-order chi connectivity index (χ1) is 21.1. The highest BCUT2D eigenvalue weighted by Gasteiger charge is 2.35. The van der Waals surface area contributed by atoms with Gasteiger partial charge in [-0.15, -0.1) is 0 Å². The van der Waals surface area contributed by atoms with Crippen molar-refractivity contribution < 1.29 is 18.0 Å². The molecule has 0 aliphatic carbocycles. The second-order valence-electron chi connectivity index (χ2n) is 10.7. The second-order valence-corrected chi connectivity index (χ2v) is 13.0. The number of halogens is 1. The SMILES string of the molecule is CCCNC(=O)C(Cc1ccccc1)N(Cc1ccccc1C)C(=O)CN(c1cc(Cl)ccc1C)S(=O)(=O)c1ccccc1. The fourth-order valence-corrected chi connectivity index (χ4v) is 6.63. The van der Waals surface area contributed by atoms with Gasteiger partial charge in [0.15, 0.2) is 0 Å². The van der Waals surface area contributed by atoms with Crippen LogP contribution in [-0.2, 0) is 32.6 Å². The lowest BCUT2D eigenvalue weighted by Gasteiger charge is -2.34. The van der Waals surface area contributed by atoms with Crippen LogP contribution >= 0.6 is 11.6 Å². The molecule has 44 heavy (non-hydrogen) atoms. The normalized spacial score (nSPS) is 11.9. The molecule has 0 aromatic heterocycles. The second kappa shape index (κ2) is 15.0. The fourth-order valence-electron chi connectivity index (χ4n) is 4.98. The Morgan fingerprint density at radius 2 is 1.48 bits per heavy atom. The Hall–Kier alpha value is -4.14. The van der Waals surface area contributed by atoms with Crippen LogP contribution in [-0.4, -0.2) is 44.3 Å². The minimum absolute atomic E-state index is 0.0409. The molecule has 0 saturated heterocycles. The smallest absolute Gasteiger partial charge is 0.264 e. The summed E-state index contributed by atoms with van der Waals surface area (Å²) in [6.07, 6.45) is 0.988. The van der Waals surface area contributed by atoms with Gasteiger partial charge in [0.05, 0.1) is 10.6 Å². The summed E-state index contributed by atoms with van der Waals surface area (Å²) in [6.45, 7) is 5.72. The summed E-state index contributed by atoms with van der Waals surface area (Å²) in [6, 6.07) is 29.2. The number of rotatable bonds is 13. The molecule has 1 atom stereocenters. The zero-order valence-corrected chi connectivity index (χ0v) is 26.8. The van der Waals surface area contributed by atoms with E-state index in [2.05, 4.69) is 5.32 Å². The monoisotopic (exact) mass is 631 g/mol. The van der Waals surface area contributed by atoms with Gasteiger partial charge in [-0.1, -0.05) is 97.4 Å². The van der Waals surface area contributed by atoms with Crippen molar-refractivity contribution in [2.45, 2.75) is 51.1 Å². The van der Waals surface area contributed by atoms with Gasteiger partial charge in [-0.3, -0.25) is 13.9 Å². The third-order valence-electron chi connectivity index (χ3n) is 7.47. The summed E-state index contributed by atoms with van der Waals surface area (Å²) in [4.78, 5) is 29.8. The van der Waals surface area contributed by atoms with Crippen LogP contribution in [0.3, 0.4) is 0 Å². The van der Waals surface area contributed by atoms with E-state index >= 15 is 0 Å². The standard InChI is InChI=1S/C35H38ClN3O4S/c1-4-21-37-35(41)33(22-28-14-7-5-8-15-28)38(24-29-16-12-11-13-26(29)2)34(40)25-39(32-23-30(36)20-19-27(32)3)44(42,43)31-17-9-6-10-18-31/h5-20,23,33H,4,21-22,24-25H2,1-3H3,(H,37,41). The van der Waals surface area contributed by atoms with Crippen molar-refractivity contribution in [3.05, 3.63) is 130 Å². The molecule has 0 fully saturated rings. The number of anilines is 1. The van der Waals surface area contributed by atoms with E-state index in [1.54, 1.807) is 43.3 Å². The average Bonchev–Trinajstić information content (AvgIpc) is 3.03. The van der Waals surface area contributed by atoms with E-state index in [0.717, 1.165) is 27.4 Å². The van der Waals surface area contributed by atoms with Crippen LogP contribution in [0, 0.1) is 13.8 Å². The number of sulfonamides is 1. The third-order valence-corrected chi connectivity index (χ3v) is 9.48. The number of benzene rings is 4. The Morgan fingerprint density at radius 1 is 0.841 bits per heavy atom. The molecule has 4 aromatic carbocycles. The van der Waals surface area contributed by atoms with Crippen molar-refractivity contribution >= 4 is 39.1 Å². The van der Waals surface area contributed by atoms with Crippen molar-refractivity contribution in [3.8, 4) is 0 Å². The van der Waals surface area contributed by atoms with Gasteiger partial charge in [0.1, 0.15) is 12.6 Å². The summed E-state index contributed by atoms with van der Waals surface area (Å²) in [5.41, 5.74) is 3.62. The van der Waals surface area contributed by atoms with Crippen molar-refractivity contribution in [1.29, 1.82) is 0 Å². The van der Waals surface area contributed by atoms with Gasteiger partial charge in [-0.05, 0) is 66.8 Å². The van der Waals surface area contributed by atoms with Crippen molar-refractivity contribution in [1.82, 2.24) is 10.2 Å². The van der Waals surface area contributed by atoms with Crippen molar-refractivity contribution in [2.75, 3.05) is 17.4 Å². The van der Waals surface area contributed by atoms with Crippen LogP contribution in [0.15, 0.2) is 108 Å². The van der Waals surface area contributed by atoms with Gasteiger partial charge in [-0.25, -0.2) is 8.42 Å². The Balaban J connectivity index is 1.83. The molecule has 230 valence electrons. The number of hydrogen-bond acceptors (Lipinski definition) is 4. The van der Waals surface area contributed by atoms with E-state index in [1.165, 1.54) is 17.0 Å². The number of nitrogens with one attached hydrogen (secondary N) is 1. The molecular formula is C35H38ClN3O4S. The van der Waals surface area contributed by atoms with Gasteiger partial charge in [0.2, 0.25) is 11.8 Å². The lowest BCUT2D eigenvalue weighted by molar-refractivity contribution is -0.140. The molecule has 7 nitrogen and oxygen atoms in total. The maximum Gasteiger partial charge on any atom is 0.264 e. The van der Waals surface area contributed by atoms with Crippen molar-refractivity contribution in [3.63, 3.8) is 0 Å². The quantitative estimate of drug-likeness (QED) is 0.187. The fraction of sp³-hybridized carbons (Fsp3) is 0.257. The summed E-state index contributed by atoms with van der Waals surface area (Å²) in [5.74, 6) is -0.811. The Morgan fingerprint density at radius 3 is 2.14 bits per heavy atom. The highest BCUT2D eigenvalue weighted by molar-refractivity contribution is 7.92. The zero-order chi connectivity index (χ0) is 31.7. The predicted octanol–water partition coefficient (Wildman–Crippen LogP) is 6.32. The molecular weight excluding hydrogens is 594 g/mol. The number of amides is 2. The third kappa shape index (κ3) is 8.07. The van der Waals surface area contributed by atoms with Crippen LogP contribution in [0.1, 0.15) is 35.6 Å². The Labute approximate surface area is 265 Å². The van der Waals surface area contributed by atoms with Gasteiger partial charge >= 0.3 is 0 Å². The molecule has 0 aliphatic heterocycles. The number of carbonyl (C=O) groups excluding carboxylic acids is 2. The number of carbonyl (C=O) groups is 2. The van der Waals surface area contributed by atoms with E-state index < -0.39 is 28.5 Å². The maximum absolute atomic E-state index is 14.5. The van der Waals surface area contributed by atoms with E-state index in [4.69, 9.17) is 11.6 Å². The van der Waals surface area contributed by atoms with Crippen LogP contribution < -0.4 is 9.62 Å². The molecule has 1 N–H and O–H groups in total. The Kier molecular flexibility index (Phi) is 11.2.